The molecule has 166 valence electrons. The van der Waals surface area contributed by atoms with E-state index in [1.54, 1.807) is 5.01 Å². The third-order valence-corrected chi connectivity index (χ3v) is 7.89. The molecule has 3 aliphatic heterocycles. The van der Waals surface area contributed by atoms with Gasteiger partial charge in [0.25, 0.3) is 5.91 Å². The lowest BCUT2D eigenvalue weighted by Gasteiger charge is -2.52. The van der Waals surface area contributed by atoms with Gasteiger partial charge in [0.15, 0.2) is 0 Å². The first-order valence-electron chi connectivity index (χ1n) is 12.0. The highest BCUT2D eigenvalue weighted by Crippen LogP contribution is 2.50. The zero-order valence-electron chi connectivity index (χ0n) is 19.0. The van der Waals surface area contributed by atoms with Crippen molar-refractivity contribution in [3.8, 4) is 0 Å². The molecule has 0 unspecified atom stereocenters. The number of carbonyl (C=O) groups excluding carboxylic acids is 1. The second kappa shape index (κ2) is 7.87. The van der Waals surface area contributed by atoms with Gasteiger partial charge >= 0.3 is 0 Å². The summed E-state index contributed by atoms with van der Waals surface area (Å²) in [6.07, 6.45) is 3.93. The number of hydrogen-bond acceptors (Lipinski definition) is 3. The lowest BCUT2D eigenvalue weighted by Crippen LogP contribution is -2.62. The summed E-state index contributed by atoms with van der Waals surface area (Å²) in [5, 5.41) is 6.52. The average molecular weight is 436 g/mol. The number of rotatable bonds is 3. The highest BCUT2D eigenvalue weighted by Gasteiger charge is 2.59. The van der Waals surface area contributed by atoms with E-state index in [4.69, 9.17) is 5.10 Å². The Kier molecular flexibility index (Phi) is 4.83. The smallest absolute Gasteiger partial charge is 0.261 e. The zero-order valence-corrected chi connectivity index (χ0v) is 19.0. The number of para-hydroxylation sites is 2. The topological polar surface area (TPSA) is 35.9 Å². The highest BCUT2D eigenvalue weighted by molar-refractivity contribution is 6.20. The Hall–Kier alpha value is -3.40. The molecule has 1 spiro atoms. The molecule has 3 aliphatic rings. The van der Waals surface area contributed by atoms with Crippen LogP contribution in [0.15, 0.2) is 90.0 Å². The average Bonchev–Trinajstić information content (AvgIpc) is 3.11. The Balaban J connectivity index is 1.40. The summed E-state index contributed by atoms with van der Waals surface area (Å²) >= 11 is 0. The molecule has 0 N–H and O–H groups in total. The molecular formula is C29H29N3O. The quantitative estimate of drug-likeness (QED) is 0.546. The predicted octanol–water partition coefficient (Wildman–Crippen LogP) is 5.48. The van der Waals surface area contributed by atoms with E-state index in [0.717, 1.165) is 43.6 Å². The van der Waals surface area contributed by atoms with Crippen LogP contribution in [0.5, 0.6) is 0 Å². The van der Waals surface area contributed by atoms with Crippen molar-refractivity contribution < 1.29 is 4.79 Å². The minimum absolute atomic E-state index is 0.121. The van der Waals surface area contributed by atoms with Crippen molar-refractivity contribution in [2.75, 3.05) is 16.5 Å². The Labute approximate surface area is 195 Å². The van der Waals surface area contributed by atoms with Crippen molar-refractivity contribution in [1.29, 1.82) is 0 Å². The van der Waals surface area contributed by atoms with Crippen molar-refractivity contribution in [2.45, 2.75) is 38.6 Å². The maximum atomic E-state index is 14.2. The molecule has 3 heterocycles. The molecule has 33 heavy (non-hydrogen) atoms. The fourth-order valence-electron chi connectivity index (χ4n) is 6.25. The van der Waals surface area contributed by atoms with Crippen molar-refractivity contribution in [1.82, 2.24) is 0 Å². The first-order chi connectivity index (χ1) is 16.2. The molecule has 3 aromatic carbocycles. The SMILES string of the molecule is CC1=NN(c2ccccc2)C(=O)[C@]12Cc1ccccc1N1CC[C@@H](Cc3ccccc3)C[C@H]12. The number of hydrogen-bond donors (Lipinski definition) is 0. The predicted molar refractivity (Wildman–Crippen MR) is 134 cm³/mol. The number of nitrogens with zero attached hydrogens (tertiary/aromatic N) is 3. The van der Waals surface area contributed by atoms with E-state index in [-0.39, 0.29) is 11.9 Å². The molecule has 3 aromatic rings. The molecule has 0 saturated carbocycles. The number of anilines is 2. The molecule has 6 rings (SSSR count). The van der Waals surface area contributed by atoms with Crippen LogP contribution >= 0.6 is 0 Å². The largest absolute Gasteiger partial charge is 0.367 e. The summed E-state index contributed by atoms with van der Waals surface area (Å²) in [5.41, 5.74) is 5.12. The van der Waals surface area contributed by atoms with Gasteiger partial charge in [0.05, 0.1) is 11.4 Å². The minimum Gasteiger partial charge on any atom is -0.367 e. The van der Waals surface area contributed by atoms with Crippen LogP contribution in [0, 0.1) is 11.3 Å². The van der Waals surface area contributed by atoms with Gasteiger partial charge in [-0.2, -0.15) is 10.1 Å². The second-order valence-electron chi connectivity index (χ2n) is 9.70. The second-order valence-corrected chi connectivity index (χ2v) is 9.70. The van der Waals surface area contributed by atoms with Crippen LogP contribution in [0.2, 0.25) is 0 Å². The van der Waals surface area contributed by atoms with Gasteiger partial charge in [0.2, 0.25) is 0 Å². The maximum absolute atomic E-state index is 14.2. The van der Waals surface area contributed by atoms with E-state index < -0.39 is 5.41 Å². The summed E-state index contributed by atoms with van der Waals surface area (Å²) in [6, 6.07) is 29.4. The summed E-state index contributed by atoms with van der Waals surface area (Å²) in [7, 11) is 0. The number of amides is 1. The normalized spacial score (nSPS) is 26.2. The van der Waals surface area contributed by atoms with Gasteiger partial charge < -0.3 is 4.90 Å². The fraction of sp³-hybridized carbons (Fsp3) is 0.310. The summed E-state index contributed by atoms with van der Waals surface area (Å²) in [4.78, 5) is 16.7. The molecule has 3 atom stereocenters. The van der Waals surface area contributed by atoms with Gasteiger partial charge in [-0.25, -0.2) is 0 Å². The first kappa shape index (κ1) is 20.2. The van der Waals surface area contributed by atoms with E-state index in [2.05, 4.69) is 66.4 Å². The van der Waals surface area contributed by atoms with Gasteiger partial charge in [-0.3, -0.25) is 4.79 Å². The van der Waals surface area contributed by atoms with E-state index in [0.29, 0.717) is 5.92 Å². The van der Waals surface area contributed by atoms with Crippen molar-refractivity contribution in [3.63, 3.8) is 0 Å². The van der Waals surface area contributed by atoms with Gasteiger partial charge in [-0.15, -0.1) is 0 Å². The first-order valence-corrected chi connectivity index (χ1v) is 12.0. The van der Waals surface area contributed by atoms with Gasteiger partial charge in [-0.1, -0.05) is 66.7 Å². The zero-order chi connectivity index (χ0) is 22.4. The van der Waals surface area contributed by atoms with Crippen molar-refractivity contribution in [3.05, 3.63) is 96.1 Å². The molecule has 4 heteroatoms. The summed E-state index contributed by atoms with van der Waals surface area (Å²) in [5.74, 6) is 0.679. The summed E-state index contributed by atoms with van der Waals surface area (Å²) < 4.78 is 0. The van der Waals surface area contributed by atoms with Crippen molar-refractivity contribution in [2.24, 2.45) is 16.4 Å². The fourth-order valence-corrected chi connectivity index (χ4v) is 6.25. The van der Waals surface area contributed by atoms with Crippen LogP contribution in [0.25, 0.3) is 0 Å². The van der Waals surface area contributed by atoms with E-state index >= 15 is 0 Å². The van der Waals surface area contributed by atoms with Crippen LogP contribution in [0.4, 0.5) is 11.4 Å². The molecular weight excluding hydrogens is 406 g/mol. The number of carbonyl (C=O) groups is 1. The number of benzene rings is 3. The monoisotopic (exact) mass is 435 g/mol. The van der Waals surface area contributed by atoms with Crippen LogP contribution in [-0.4, -0.2) is 24.2 Å². The third kappa shape index (κ3) is 3.19. The van der Waals surface area contributed by atoms with Crippen LogP contribution in [0.3, 0.4) is 0 Å². The van der Waals surface area contributed by atoms with Crippen LogP contribution < -0.4 is 9.91 Å². The van der Waals surface area contributed by atoms with Gasteiger partial charge in [0, 0.05) is 18.3 Å². The number of hydrazone groups is 1. The molecule has 1 saturated heterocycles. The van der Waals surface area contributed by atoms with Crippen LogP contribution in [-0.2, 0) is 17.6 Å². The Morgan fingerprint density at radius 3 is 2.42 bits per heavy atom. The molecule has 1 amide bonds. The highest BCUT2D eigenvalue weighted by atomic mass is 16.2. The minimum atomic E-state index is -0.612. The molecule has 4 nitrogen and oxygen atoms in total. The molecule has 0 aliphatic carbocycles. The lowest BCUT2D eigenvalue weighted by atomic mass is 9.64. The molecule has 1 fully saturated rings. The molecule has 0 bridgehead atoms. The van der Waals surface area contributed by atoms with E-state index in [1.807, 2.05) is 30.3 Å². The Morgan fingerprint density at radius 2 is 1.64 bits per heavy atom. The van der Waals surface area contributed by atoms with Gasteiger partial charge in [0.1, 0.15) is 5.41 Å². The summed E-state index contributed by atoms with van der Waals surface area (Å²) in [6.45, 7) is 3.04. The number of piperidine rings is 1. The van der Waals surface area contributed by atoms with E-state index in [9.17, 15) is 4.79 Å². The molecule has 0 radical (unpaired) electrons. The maximum Gasteiger partial charge on any atom is 0.261 e. The Bertz CT molecular complexity index is 1210. The van der Waals surface area contributed by atoms with Crippen LogP contribution in [0.1, 0.15) is 30.9 Å². The standard InChI is InChI=1S/C29H29N3O/c1-21-29(28(33)32(30-21)25-13-6-3-7-14-25)20-24-12-8-9-15-26(24)31-17-16-23(19-27(29)31)18-22-10-4-2-5-11-22/h2-15,23,27H,16-20H2,1H3/t23-,27-,29+/m0/s1. The van der Waals surface area contributed by atoms with Crippen molar-refractivity contribution >= 4 is 23.0 Å². The molecule has 0 aromatic heterocycles. The van der Waals surface area contributed by atoms with Gasteiger partial charge in [-0.05, 0) is 67.9 Å². The Morgan fingerprint density at radius 1 is 0.939 bits per heavy atom. The third-order valence-electron chi connectivity index (χ3n) is 7.89. The van der Waals surface area contributed by atoms with E-state index in [1.165, 1.54) is 16.8 Å². The number of fused-ring (bicyclic) bond motifs is 4. The lowest BCUT2D eigenvalue weighted by molar-refractivity contribution is -0.125.